The van der Waals surface area contributed by atoms with E-state index in [1.165, 1.54) is 44.6 Å². The zero-order chi connectivity index (χ0) is 19.5. The Morgan fingerprint density at radius 2 is 1.65 bits per heavy atom. The summed E-state index contributed by atoms with van der Waals surface area (Å²) in [4.78, 5) is 11.3. The lowest BCUT2D eigenvalue weighted by Gasteiger charge is -2.14. The molecule has 0 spiro atoms. The lowest BCUT2D eigenvalue weighted by atomic mass is 10.2. The maximum absolute atomic E-state index is 12.8. The van der Waals surface area contributed by atoms with Crippen LogP contribution in [0.4, 0.5) is 5.69 Å². The summed E-state index contributed by atoms with van der Waals surface area (Å²) in [5.74, 6) is -0.763. The zero-order valence-electron chi connectivity index (χ0n) is 14.2. The van der Waals surface area contributed by atoms with Gasteiger partial charge in [-0.25, -0.2) is 21.6 Å². The van der Waals surface area contributed by atoms with Crippen LogP contribution in [0.5, 0.6) is 5.75 Å². The summed E-state index contributed by atoms with van der Waals surface area (Å²) in [6.45, 7) is 0. The first-order chi connectivity index (χ1) is 12.1. The van der Waals surface area contributed by atoms with Crippen molar-refractivity contribution in [2.24, 2.45) is 0 Å². The van der Waals surface area contributed by atoms with Gasteiger partial charge < -0.3 is 9.47 Å². The topological polar surface area (TPSA) is 116 Å². The van der Waals surface area contributed by atoms with Crippen LogP contribution in [0.3, 0.4) is 0 Å². The fraction of sp³-hybridized carbons (Fsp3) is 0.188. The Balaban J connectivity index is 2.57. The predicted molar refractivity (Wildman–Crippen MR) is 94.7 cm³/mol. The molecule has 2 aromatic rings. The van der Waals surface area contributed by atoms with Gasteiger partial charge in [-0.2, -0.15) is 0 Å². The number of rotatable bonds is 6. The van der Waals surface area contributed by atoms with Crippen molar-refractivity contribution in [3.8, 4) is 5.75 Å². The van der Waals surface area contributed by atoms with Gasteiger partial charge in [-0.1, -0.05) is 12.1 Å². The Hall–Kier alpha value is -2.59. The highest BCUT2D eigenvalue weighted by Crippen LogP contribution is 2.29. The Morgan fingerprint density at radius 3 is 2.23 bits per heavy atom. The molecule has 0 heterocycles. The van der Waals surface area contributed by atoms with Gasteiger partial charge in [0, 0.05) is 6.26 Å². The van der Waals surface area contributed by atoms with Gasteiger partial charge in [-0.3, -0.25) is 4.72 Å². The third-order valence-electron chi connectivity index (χ3n) is 3.43. The molecule has 0 atom stereocenters. The lowest BCUT2D eigenvalue weighted by molar-refractivity contribution is 0.0602. The molecule has 1 N–H and O–H groups in total. The molecule has 0 bridgehead atoms. The highest BCUT2D eigenvalue weighted by Gasteiger charge is 2.24. The summed E-state index contributed by atoms with van der Waals surface area (Å²) < 4.78 is 61.0. The SMILES string of the molecule is COC(=O)c1ccccc1NS(=O)(=O)c1cc(S(C)(=O)=O)ccc1OC. The summed E-state index contributed by atoms with van der Waals surface area (Å²) in [6.07, 6.45) is 0.963. The lowest BCUT2D eigenvalue weighted by Crippen LogP contribution is -2.17. The molecule has 0 amide bonds. The maximum atomic E-state index is 12.8. The zero-order valence-corrected chi connectivity index (χ0v) is 15.8. The summed E-state index contributed by atoms with van der Waals surface area (Å²) >= 11 is 0. The average Bonchev–Trinajstić information content (AvgIpc) is 2.59. The van der Waals surface area contributed by atoms with E-state index in [4.69, 9.17) is 4.74 Å². The molecule has 0 saturated heterocycles. The molecular formula is C16H17NO7S2. The fourth-order valence-corrected chi connectivity index (χ4v) is 4.16. The largest absolute Gasteiger partial charge is 0.495 e. The van der Waals surface area contributed by atoms with Gasteiger partial charge in [0.15, 0.2) is 9.84 Å². The number of methoxy groups -OCH3 is 2. The molecule has 0 aliphatic rings. The third kappa shape index (κ3) is 4.14. The number of hydrogen-bond acceptors (Lipinski definition) is 7. The van der Waals surface area contributed by atoms with E-state index in [0.717, 1.165) is 12.3 Å². The van der Waals surface area contributed by atoms with Crippen LogP contribution in [-0.4, -0.2) is 43.3 Å². The van der Waals surface area contributed by atoms with Crippen LogP contribution in [0.1, 0.15) is 10.4 Å². The standard InChI is InChI=1S/C16H17NO7S2/c1-23-14-9-8-11(25(3,19)20)10-15(14)26(21,22)17-13-7-5-4-6-12(13)16(18)24-2/h4-10,17H,1-3H3. The van der Waals surface area contributed by atoms with E-state index in [-0.39, 0.29) is 26.8 Å². The second kappa shape index (κ2) is 7.34. The first-order valence-corrected chi connectivity index (χ1v) is 10.6. The summed E-state index contributed by atoms with van der Waals surface area (Å²) in [7, 11) is -5.45. The molecule has 0 aliphatic carbocycles. The summed E-state index contributed by atoms with van der Waals surface area (Å²) in [5, 5.41) is 0. The Bertz CT molecular complexity index is 1040. The van der Waals surface area contributed by atoms with E-state index in [1.54, 1.807) is 6.07 Å². The van der Waals surface area contributed by atoms with Crippen molar-refractivity contribution in [3.05, 3.63) is 48.0 Å². The number of ether oxygens (including phenoxy) is 2. The maximum Gasteiger partial charge on any atom is 0.339 e. The number of nitrogens with one attached hydrogen (secondary N) is 1. The molecule has 0 fully saturated rings. The van der Waals surface area contributed by atoms with Crippen LogP contribution >= 0.6 is 0 Å². The predicted octanol–water partition coefficient (Wildman–Crippen LogP) is 1.69. The van der Waals surface area contributed by atoms with Crippen LogP contribution in [-0.2, 0) is 24.6 Å². The van der Waals surface area contributed by atoms with E-state index in [1.807, 2.05) is 0 Å². The molecule has 0 unspecified atom stereocenters. The number of sulfone groups is 1. The van der Waals surface area contributed by atoms with Gasteiger partial charge >= 0.3 is 5.97 Å². The van der Waals surface area contributed by atoms with Crippen molar-refractivity contribution < 1.29 is 31.1 Å². The minimum absolute atomic E-state index is 0.00818. The van der Waals surface area contributed by atoms with Crippen LogP contribution in [0.2, 0.25) is 0 Å². The second-order valence-electron chi connectivity index (χ2n) is 5.23. The molecule has 10 heteroatoms. The molecule has 0 radical (unpaired) electrons. The van der Waals surface area contributed by atoms with Crippen molar-refractivity contribution in [2.45, 2.75) is 9.79 Å². The number of benzene rings is 2. The van der Waals surface area contributed by atoms with Crippen molar-refractivity contribution in [3.63, 3.8) is 0 Å². The number of para-hydroxylation sites is 1. The fourth-order valence-electron chi connectivity index (χ4n) is 2.16. The van der Waals surface area contributed by atoms with Crippen molar-refractivity contribution in [1.82, 2.24) is 0 Å². The molecular weight excluding hydrogens is 382 g/mol. The normalized spacial score (nSPS) is 11.7. The average molecular weight is 399 g/mol. The molecule has 0 aliphatic heterocycles. The van der Waals surface area contributed by atoms with Crippen LogP contribution in [0.25, 0.3) is 0 Å². The molecule has 2 rings (SSSR count). The molecule has 2 aromatic carbocycles. The van der Waals surface area contributed by atoms with Crippen molar-refractivity contribution in [1.29, 1.82) is 0 Å². The quantitative estimate of drug-likeness (QED) is 0.735. The van der Waals surface area contributed by atoms with Crippen molar-refractivity contribution >= 4 is 31.5 Å². The van der Waals surface area contributed by atoms with E-state index < -0.39 is 25.8 Å². The Labute approximate surface area is 151 Å². The monoisotopic (exact) mass is 399 g/mol. The molecule has 26 heavy (non-hydrogen) atoms. The smallest absolute Gasteiger partial charge is 0.339 e. The van der Waals surface area contributed by atoms with Crippen LogP contribution < -0.4 is 9.46 Å². The first kappa shape index (κ1) is 19.7. The Morgan fingerprint density at radius 1 is 1.00 bits per heavy atom. The molecule has 8 nitrogen and oxygen atoms in total. The van der Waals surface area contributed by atoms with Gasteiger partial charge in [-0.05, 0) is 30.3 Å². The van der Waals surface area contributed by atoms with E-state index in [2.05, 4.69) is 9.46 Å². The molecule has 0 aromatic heterocycles. The second-order valence-corrected chi connectivity index (χ2v) is 8.89. The minimum atomic E-state index is -4.25. The summed E-state index contributed by atoms with van der Waals surface area (Å²) in [6, 6.07) is 9.36. The van der Waals surface area contributed by atoms with Crippen molar-refractivity contribution in [2.75, 3.05) is 25.2 Å². The number of carbonyl (C=O) groups is 1. The van der Waals surface area contributed by atoms with Gasteiger partial charge in [0.05, 0.1) is 30.4 Å². The van der Waals surface area contributed by atoms with Gasteiger partial charge in [0.25, 0.3) is 10.0 Å². The summed E-state index contributed by atoms with van der Waals surface area (Å²) in [5.41, 5.74) is 0.00275. The first-order valence-electron chi connectivity index (χ1n) is 7.18. The number of carbonyl (C=O) groups excluding carboxylic acids is 1. The Kier molecular flexibility index (Phi) is 5.57. The van der Waals surface area contributed by atoms with E-state index in [9.17, 15) is 21.6 Å². The minimum Gasteiger partial charge on any atom is -0.495 e. The van der Waals surface area contributed by atoms with E-state index >= 15 is 0 Å². The third-order valence-corrected chi connectivity index (χ3v) is 5.93. The highest BCUT2D eigenvalue weighted by molar-refractivity contribution is 7.93. The molecule has 140 valence electrons. The highest BCUT2D eigenvalue weighted by atomic mass is 32.2. The van der Waals surface area contributed by atoms with Gasteiger partial charge in [0.1, 0.15) is 10.6 Å². The molecule has 0 saturated carbocycles. The van der Waals surface area contributed by atoms with Gasteiger partial charge in [-0.15, -0.1) is 0 Å². The number of sulfonamides is 1. The number of hydrogen-bond donors (Lipinski definition) is 1. The van der Waals surface area contributed by atoms with Gasteiger partial charge in [0.2, 0.25) is 0 Å². The van der Waals surface area contributed by atoms with E-state index in [0.29, 0.717) is 0 Å². The number of esters is 1. The van der Waals surface area contributed by atoms with Crippen LogP contribution in [0, 0.1) is 0 Å². The number of anilines is 1. The van der Waals surface area contributed by atoms with Crippen LogP contribution in [0.15, 0.2) is 52.3 Å².